The van der Waals surface area contributed by atoms with Gasteiger partial charge in [-0.25, -0.2) is 0 Å². The van der Waals surface area contributed by atoms with E-state index in [9.17, 15) is 0 Å². The first kappa shape index (κ1) is 9.74. The Labute approximate surface area is 46.2 Å². The molecule has 0 aliphatic rings. The molecule has 2 N–H and O–H groups in total. The fourth-order valence-electron chi connectivity index (χ4n) is 0.263. The van der Waals surface area contributed by atoms with E-state index < -0.39 is 0 Å². The lowest BCUT2D eigenvalue weighted by molar-refractivity contribution is 0.956. The highest BCUT2D eigenvalue weighted by atomic mass is 14.5. The number of allylic oxidation sites excluding steroid dienone is 1. The molecule has 0 aromatic rings. The molecule has 0 amide bonds. The molecule has 1 nitrogen and oxygen atoms in total. The maximum atomic E-state index is 5.03. The zero-order valence-electron chi connectivity index (χ0n) is 4.15. The predicted octanol–water partition coefficient (Wildman–Crippen LogP) is 1.90. The Kier molecular flexibility index (Phi) is 12.7. The van der Waals surface area contributed by atoms with Crippen LogP contribution in [0.5, 0.6) is 0 Å². The molecule has 0 unspecified atom stereocenters. The van der Waals surface area contributed by atoms with Gasteiger partial charge in [-0.2, -0.15) is 0 Å². The summed E-state index contributed by atoms with van der Waals surface area (Å²) in [4.78, 5) is 0. The minimum Gasteiger partial charge on any atom is -0.405 e. The lowest BCUT2D eigenvalue weighted by atomic mass is 10.3. The highest BCUT2D eigenvalue weighted by Crippen LogP contribution is 1.83. The largest absolute Gasteiger partial charge is 0.405 e. The summed E-state index contributed by atoms with van der Waals surface area (Å²) in [6.07, 6.45) is 5.84. The van der Waals surface area contributed by atoms with Gasteiger partial charge in [0.25, 0.3) is 0 Å². The Morgan fingerprint density at radius 1 is 1.57 bits per heavy atom. The average Bonchev–Trinajstić information content (AvgIpc) is 1.61. The van der Waals surface area contributed by atoms with Crippen molar-refractivity contribution in [3.05, 3.63) is 12.3 Å². The highest BCUT2D eigenvalue weighted by Gasteiger charge is 1.65. The van der Waals surface area contributed by atoms with Crippen LogP contribution in [-0.2, 0) is 0 Å². The van der Waals surface area contributed by atoms with Crippen LogP contribution in [0, 0.1) is 0 Å². The van der Waals surface area contributed by atoms with Crippen LogP contribution in [0.3, 0.4) is 0 Å². The van der Waals surface area contributed by atoms with Gasteiger partial charge in [0.05, 0.1) is 0 Å². The van der Waals surface area contributed by atoms with E-state index in [2.05, 4.69) is 6.92 Å². The summed E-state index contributed by atoms with van der Waals surface area (Å²) in [5.74, 6) is 0. The van der Waals surface area contributed by atoms with Gasteiger partial charge in [0, 0.05) is 0 Å². The van der Waals surface area contributed by atoms with Crippen LogP contribution < -0.4 is 5.73 Å². The van der Waals surface area contributed by atoms with Gasteiger partial charge in [-0.3, -0.25) is 0 Å². The second-order valence-corrected chi connectivity index (χ2v) is 1.22. The van der Waals surface area contributed by atoms with Gasteiger partial charge >= 0.3 is 0 Å². The summed E-state index contributed by atoms with van der Waals surface area (Å²) in [6, 6.07) is 0. The third-order valence-corrected chi connectivity index (χ3v) is 0.591. The summed E-state index contributed by atoms with van der Waals surface area (Å²) in [5, 5.41) is 0. The Bertz CT molecular complexity index is 39.4. The Balaban J connectivity index is 0. The van der Waals surface area contributed by atoms with Crippen molar-refractivity contribution < 1.29 is 0 Å². The summed E-state index contributed by atoms with van der Waals surface area (Å²) in [7, 11) is 0. The first-order chi connectivity index (χ1) is 2.91. The fraction of sp³-hybridized carbons (Fsp3) is 0.667. The van der Waals surface area contributed by atoms with E-state index in [1.54, 1.807) is 6.20 Å². The van der Waals surface area contributed by atoms with Gasteiger partial charge < -0.3 is 5.73 Å². The molecule has 0 atom stereocenters. The number of nitrogens with two attached hydrogens (primary N) is 1. The lowest BCUT2D eigenvalue weighted by Gasteiger charge is -1.76. The van der Waals surface area contributed by atoms with Crippen LogP contribution in [0.1, 0.15) is 27.2 Å². The fourth-order valence-corrected chi connectivity index (χ4v) is 0.263. The predicted molar refractivity (Wildman–Crippen MR) is 35.0 cm³/mol. The summed E-state index contributed by atoms with van der Waals surface area (Å²) in [5.41, 5.74) is 5.03. The maximum Gasteiger partial charge on any atom is -0.0103 e. The van der Waals surface area contributed by atoms with Crippen molar-refractivity contribution >= 4 is 0 Å². The lowest BCUT2D eigenvalue weighted by Crippen LogP contribution is -1.73. The van der Waals surface area contributed by atoms with Gasteiger partial charge in [0.1, 0.15) is 0 Å². The molecule has 0 aromatic heterocycles. The molecule has 0 saturated heterocycles. The molecule has 0 heterocycles. The maximum absolute atomic E-state index is 5.03. The van der Waals surface area contributed by atoms with E-state index in [0.717, 1.165) is 6.42 Å². The zero-order chi connectivity index (χ0) is 4.83. The standard InChI is InChI=1S/C5H11N.CH4/c1-2-3-4-5-6;/h4-5H,2-3,6H2,1H3;1H4. The summed E-state index contributed by atoms with van der Waals surface area (Å²) < 4.78 is 0. The molecule has 0 fully saturated rings. The molecule has 0 aliphatic heterocycles. The van der Waals surface area contributed by atoms with Gasteiger partial charge in [-0.1, -0.05) is 26.8 Å². The number of unbranched alkanes of at least 4 members (excludes halogenated alkanes) is 1. The molecule has 0 rings (SSSR count). The van der Waals surface area contributed by atoms with Crippen molar-refractivity contribution in [2.45, 2.75) is 27.2 Å². The monoisotopic (exact) mass is 101 g/mol. The molecule has 0 spiro atoms. The highest BCUT2D eigenvalue weighted by molar-refractivity contribution is 4.73. The molecule has 0 aromatic carbocycles. The van der Waals surface area contributed by atoms with Crippen LogP contribution in [0.4, 0.5) is 0 Å². The van der Waals surface area contributed by atoms with Gasteiger partial charge in [-0.05, 0) is 12.6 Å². The van der Waals surface area contributed by atoms with Crippen molar-refractivity contribution in [2.24, 2.45) is 5.73 Å². The van der Waals surface area contributed by atoms with E-state index in [0.29, 0.717) is 0 Å². The Morgan fingerprint density at radius 3 is 2.29 bits per heavy atom. The van der Waals surface area contributed by atoms with Gasteiger partial charge in [-0.15, -0.1) is 0 Å². The van der Waals surface area contributed by atoms with Crippen LogP contribution in [0.25, 0.3) is 0 Å². The number of rotatable bonds is 2. The number of hydrogen-bond acceptors (Lipinski definition) is 1. The van der Waals surface area contributed by atoms with E-state index in [1.807, 2.05) is 6.08 Å². The molecule has 1 heteroatoms. The van der Waals surface area contributed by atoms with Crippen LogP contribution in [0.2, 0.25) is 0 Å². The number of hydrogen-bond donors (Lipinski definition) is 1. The van der Waals surface area contributed by atoms with Crippen LogP contribution in [-0.4, -0.2) is 0 Å². The molecule has 0 aliphatic carbocycles. The third kappa shape index (κ3) is 10.8. The minimum atomic E-state index is 0. The first-order valence-corrected chi connectivity index (χ1v) is 2.28. The summed E-state index contributed by atoms with van der Waals surface area (Å²) in [6.45, 7) is 2.12. The molecular weight excluding hydrogens is 86.1 g/mol. The Hall–Kier alpha value is -0.460. The van der Waals surface area contributed by atoms with Crippen molar-refractivity contribution in [3.8, 4) is 0 Å². The second kappa shape index (κ2) is 9.11. The normalized spacial score (nSPS) is 8.71. The van der Waals surface area contributed by atoms with Crippen LogP contribution in [0.15, 0.2) is 12.3 Å². The zero-order valence-corrected chi connectivity index (χ0v) is 4.15. The molecular formula is C6H15N. The molecule has 44 valence electrons. The van der Waals surface area contributed by atoms with Gasteiger partial charge in [0.2, 0.25) is 0 Å². The van der Waals surface area contributed by atoms with E-state index in [1.165, 1.54) is 6.42 Å². The smallest absolute Gasteiger partial charge is 0.0103 e. The van der Waals surface area contributed by atoms with Crippen molar-refractivity contribution in [1.29, 1.82) is 0 Å². The third-order valence-electron chi connectivity index (χ3n) is 0.591. The minimum absolute atomic E-state index is 0. The average molecular weight is 101 g/mol. The molecule has 0 saturated carbocycles. The van der Waals surface area contributed by atoms with Crippen LogP contribution >= 0.6 is 0 Å². The van der Waals surface area contributed by atoms with Crippen molar-refractivity contribution in [1.82, 2.24) is 0 Å². The van der Waals surface area contributed by atoms with Gasteiger partial charge in [0.15, 0.2) is 0 Å². The molecule has 0 bridgehead atoms. The summed E-state index contributed by atoms with van der Waals surface area (Å²) >= 11 is 0. The van der Waals surface area contributed by atoms with E-state index in [-0.39, 0.29) is 7.43 Å². The molecule has 7 heavy (non-hydrogen) atoms. The first-order valence-electron chi connectivity index (χ1n) is 2.28. The quantitative estimate of drug-likeness (QED) is 0.564. The SMILES string of the molecule is C.CCCC=CN. The van der Waals surface area contributed by atoms with Crippen molar-refractivity contribution in [3.63, 3.8) is 0 Å². The Morgan fingerprint density at radius 2 is 2.14 bits per heavy atom. The van der Waals surface area contributed by atoms with Crippen molar-refractivity contribution in [2.75, 3.05) is 0 Å². The van der Waals surface area contributed by atoms with E-state index in [4.69, 9.17) is 5.73 Å². The topological polar surface area (TPSA) is 26.0 Å². The van der Waals surface area contributed by atoms with E-state index >= 15 is 0 Å². The second-order valence-electron chi connectivity index (χ2n) is 1.22. The molecule has 0 radical (unpaired) electrons.